The first kappa shape index (κ1) is 16.3. The first-order chi connectivity index (χ1) is 10.3. The summed E-state index contributed by atoms with van der Waals surface area (Å²) in [6.07, 6.45) is 0.737. The van der Waals surface area contributed by atoms with Gasteiger partial charge in [0.05, 0.1) is 0 Å². The number of urea groups is 1. The number of aryl methyl sites for hydroxylation is 2. The highest BCUT2D eigenvalue weighted by molar-refractivity contribution is 5.93. The lowest BCUT2D eigenvalue weighted by atomic mass is 9.99. The van der Waals surface area contributed by atoms with Crippen molar-refractivity contribution in [1.82, 2.24) is 24.6 Å². The van der Waals surface area contributed by atoms with Crippen molar-refractivity contribution < 1.29 is 9.59 Å². The van der Waals surface area contributed by atoms with E-state index in [1.165, 1.54) is 0 Å². The van der Waals surface area contributed by atoms with E-state index in [1.54, 1.807) is 28.6 Å². The number of hydrogen-bond donors (Lipinski definition) is 1. The third kappa shape index (κ3) is 3.05. The van der Waals surface area contributed by atoms with Crippen LogP contribution < -0.4 is 5.32 Å². The molecule has 2 heterocycles. The molecule has 8 heteroatoms. The van der Waals surface area contributed by atoms with E-state index in [-0.39, 0.29) is 23.8 Å². The summed E-state index contributed by atoms with van der Waals surface area (Å²) in [4.78, 5) is 32.3. The molecule has 0 bridgehead atoms. The van der Waals surface area contributed by atoms with Crippen molar-refractivity contribution in [2.24, 2.45) is 13.0 Å². The predicted octanol–water partition coefficient (Wildman–Crippen LogP) is 0.708. The fraction of sp³-hybridized carbons (Fsp3) is 0.714. The predicted molar refractivity (Wildman–Crippen MR) is 82.4 cm³/mol. The van der Waals surface area contributed by atoms with E-state index in [0.29, 0.717) is 13.1 Å². The average molecular weight is 308 g/mol. The maximum atomic E-state index is 12.5. The summed E-state index contributed by atoms with van der Waals surface area (Å²) in [5, 5.41) is 6.87. The van der Waals surface area contributed by atoms with Crippen LogP contribution in [-0.2, 0) is 18.3 Å². The third-order valence-electron chi connectivity index (χ3n) is 3.92. The van der Waals surface area contributed by atoms with Gasteiger partial charge in [0.15, 0.2) is 0 Å². The van der Waals surface area contributed by atoms with E-state index in [0.717, 1.165) is 12.2 Å². The van der Waals surface area contributed by atoms with Crippen molar-refractivity contribution in [3.8, 4) is 0 Å². The van der Waals surface area contributed by atoms with E-state index < -0.39 is 6.04 Å². The van der Waals surface area contributed by atoms with Gasteiger partial charge in [-0.25, -0.2) is 4.79 Å². The smallest absolute Gasteiger partial charge is 0.325 e. The number of carbonyl (C=O) groups is 2. The number of carbonyl (C=O) groups excluding carboxylic acids is 2. The molecule has 122 valence electrons. The first-order valence-corrected chi connectivity index (χ1v) is 7.57. The average Bonchev–Trinajstić information content (AvgIpc) is 2.80. The van der Waals surface area contributed by atoms with Gasteiger partial charge in [0.25, 0.3) is 0 Å². The molecule has 1 aliphatic rings. The second-order valence-corrected chi connectivity index (χ2v) is 5.90. The number of anilines is 1. The Balaban J connectivity index is 2.14. The molecule has 2 rings (SSSR count). The SMILES string of the molecule is CCc1nc(NC(=O)N2CCN(C)C(=O)C2C(C)C)nn1C. The lowest BCUT2D eigenvalue weighted by molar-refractivity contribution is -0.139. The Kier molecular flexibility index (Phi) is 4.68. The second-order valence-electron chi connectivity index (χ2n) is 5.90. The molecule has 1 atom stereocenters. The second kappa shape index (κ2) is 6.33. The highest BCUT2D eigenvalue weighted by Crippen LogP contribution is 2.19. The summed E-state index contributed by atoms with van der Waals surface area (Å²) in [5.41, 5.74) is 0. The largest absolute Gasteiger partial charge is 0.342 e. The quantitative estimate of drug-likeness (QED) is 0.891. The Morgan fingerprint density at radius 2 is 2.05 bits per heavy atom. The van der Waals surface area contributed by atoms with Crippen LogP contribution in [-0.4, -0.2) is 62.7 Å². The topological polar surface area (TPSA) is 83.4 Å². The van der Waals surface area contributed by atoms with Gasteiger partial charge in [-0.2, -0.15) is 4.98 Å². The van der Waals surface area contributed by atoms with Gasteiger partial charge < -0.3 is 9.80 Å². The molecule has 1 aromatic rings. The van der Waals surface area contributed by atoms with Gasteiger partial charge >= 0.3 is 6.03 Å². The van der Waals surface area contributed by atoms with E-state index in [4.69, 9.17) is 0 Å². The molecule has 0 aliphatic carbocycles. The zero-order chi connectivity index (χ0) is 16.4. The molecule has 0 aromatic carbocycles. The van der Waals surface area contributed by atoms with Gasteiger partial charge in [0, 0.05) is 33.6 Å². The van der Waals surface area contributed by atoms with Gasteiger partial charge in [-0.1, -0.05) is 20.8 Å². The van der Waals surface area contributed by atoms with Crippen LogP contribution in [0.25, 0.3) is 0 Å². The molecule has 1 unspecified atom stereocenters. The molecule has 22 heavy (non-hydrogen) atoms. The number of piperazine rings is 1. The molecular formula is C14H24N6O2. The van der Waals surface area contributed by atoms with Crippen LogP contribution in [0.3, 0.4) is 0 Å². The normalized spacial score (nSPS) is 19.0. The number of hydrogen-bond acceptors (Lipinski definition) is 4. The Bertz CT molecular complexity index is 568. The van der Waals surface area contributed by atoms with Crippen molar-refractivity contribution in [2.75, 3.05) is 25.5 Å². The number of nitrogens with one attached hydrogen (secondary N) is 1. The molecule has 1 aromatic heterocycles. The van der Waals surface area contributed by atoms with E-state index in [9.17, 15) is 9.59 Å². The van der Waals surface area contributed by atoms with E-state index >= 15 is 0 Å². The molecular weight excluding hydrogens is 284 g/mol. The summed E-state index contributed by atoms with van der Waals surface area (Å²) in [7, 11) is 3.55. The molecule has 1 aliphatic heterocycles. The maximum Gasteiger partial charge on any atom is 0.325 e. The standard InChI is InChI=1S/C14H24N6O2/c1-6-10-15-13(17-19(10)5)16-14(22)20-8-7-18(4)12(21)11(20)9(2)3/h9,11H,6-8H2,1-5H3,(H,16,17,22). The van der Waals surface area contributed by atoms with Crippen molar-refractivity contribution in [1.29, 1.82) is 0 Å². The fourth-order valence-corrected chi connectivity index (χ4v) is 2.68. The van der Waals surface area contributed by atoms with Crippen LogP contribution >= 0.6 is 0 Å². The molecule has 3 amide bonds. The fourth-order valence-electron chi connectivity index (χ4n) is 2.68. The highest BCUT2D eigenvalue weighted by atomic mass is 16.2. The molecule has 1 fully saturated rings. The minimum atomic E-state index is -0.451. The Morgan fingerprint density at radius 1 is 1.36 bits per heavy atom. The number of aromatic nitrogens is 3. The monoisotopic (exact) mass is 308 g/mol. The summed E-state index contributed by atoms with van der Waals surface area (Å²) >= 11 is 0. The van der Waals surface area contributed by atoms with Gasteiger partial charge in [0.1, 0.15) is 11.9 Å². The number of rotatable bonds is 3. The van der Waals surface area contributed by atoms with Crippen LogP contribution in [0.2, 0.25) is 0 Å². The van der Waals surface area contributed by atoms with Gasteiger partial charge in [-0.05, 0) is 5.92 Å². The van der Waals surface area contributed by atoms with Gasteiger partial charge in [-0.15, -0.1) is 5.10 Å². The number of likely N-dealkylation sites (N-methyl/N-ethyl adjacent to an activating group) is 1. The van der Waals surface area contributed by atoms with Crippen molar-refractivity contribution in [3.05, 3.63) is 5.82 Å². The Morgan fingerprint density at radius 3 is 2.59 bits per heavy atom. The number of nitrogens with zero attached hydrogens (tertiary/aromatic N) is 5. The van der Waals surface area contributed by atoms with Crippen LogP contribution in [0, 0.1) is 5.92 Å². The molecule has 0 spiro atoms. The summed E-state index contributed by atoms with van der Waals surface area (Å²) in [6.45, 7) is 6.89. The lowest BCUT2D eigenvalue weighted by Crippen LogP contribution is -2.60. The molecule has 1 N–H and O–H groups in total. The summed E-state index contributed by atoms with van der Waals surface area (Å²) in [6, 6.07) is -0.776. The van der Waals surface area contributed by atoms with Crippen LogP contribution in [0.4, 0.5) is 10.7 Å². The van der Waals surface area contributed by atoms with Crippen LogP contribution in [0.5, 0.6) is 0 Å². The molecule has 8 nitrogen and oxygen atoms in total. The lowest BCUT2D eigenvalue weighted by Gasteiger charge is -2.40. The summed E-state index contributed by atoms with van der Waals surface area (Å²) < 4.78 is 1.64. The minimum absolute atomic E-state index is 0.0281. The van der Waals surface area contributed by atoms with Gasteiger partial charge in [0.2, 0.25) is 11.9 Å². The van der Waals surface area contributed by atoms with E-state index in [1.807, 2.05) is 20.8 Å². The third-order valence-corrected chi connectivity index (χ3v) is 3.92. The molecule has 0 radical (unpaired) electrons. The van der Waals surface area contributed by atoms with Crippen molar-refractivity contribution in [3.63, 3.8) is 0 Å². The van der Waals surface area contributed by atoms with Crippen molar-refractivity contribution >= 4 is 17.9 Å². The van der Waals surface area contributed by atoms with Crippen LogP contribution in [0.1, 0.15) is 26.6 Å². The first-order valence-electron chi connectivity index (χ1n) is 7.57. The summed E-state index contributed by atoms with van der Waals surface area (Å²) in [5.74, 6) is 1.09. The highest BCUT2D eigenvalue weighted by Gasteiger charge is 2.38. The van der Waals surface area contributed by atoms with Crippen molar-refractivity contribution in [2.45, 2.75) is 33.2 Å². The Labute approximate surface area is 130 Å². The zero-order valence-corrected chi connectivity index (χ0v) is 13.8. The zero-order valence-electron chi connectivity index (χ0n) is 13.8. The van der Waals surface area contributed by atoms with Crippen LogP contribution in [0.15, 0.2) is 0 Å². The number of amides is 3. The van der Waals surface area contributed by atoms with Gasteiger partial charge in [-0.3, -0.25) is 14.8 Å². The van der Waals surface area contributed by atoms with E-state index in [2.05, 4.69) is 15.4 Å². The molecule has 0 saturated carbocycles. The maximum absolute atomic E-state index is 12.5. The molecule has 1 saturated heterocycles. The Hall–Kier alpha value is -2.12. The minimum Gasteiger partial charge on any atom is -0.342 e.